The van der Waals surface area contributed by atoms with Crippen LogP contribution in [-0.2, 0) is 10.8 Å². The van der Waals surface area contributed by atoms with Crippen LogP contribution in [0.4, 0.5) is 0 Å². The van der Waals surface area contributed by atoms with E-state index in [1.54, 1.807) is 0 Å². The van der Waals surface area contributed by atoms with E-state index in [4.69, 9.17) is 0 Å². The Hall–Kier alpha value is -6.50. The largest absolute Gasteiger partial charge is 0.0619 e. The maximum absolute atomic E-state index is 2.45. The molecular formula is C56H40. The van der Waals surface area contributed by atoms with Crippen LogP contribution in [0.15, 0.2) is 170 Å². The van der Waals surface area contributed by atoms with Crippen molar-refractivity contribution in [3.63, 3.8) is 0 Å². The smallest absolute Gasteiger partial charge is 0.0159 e. The van der Waals surface area contributed by atoms with Gasteiger partial charge >= 0.3 is 0 Å². The van der Waals surface area contributed by atoms with Gasteiger partial charge in [-0.15, -0.1) is 0 Å². The van der Waals surface area contributed by atoms with Gasteiger partial charge in [-0.1, -0.05) is 173 Å². The number of rotatable bonds is 2. The minimum atomic E-state index is -0.0372. The molecule has 12 rings (SSSR count). The van der Waals surface area contributed by atoms with Gasteiger partial charge in [-0.25, -0.2) is 0 Å². The van der Waals surface area contributed by atoms with Gasteiger partial charge in [0.2, 0.25) is 0 Å². The zero-order valence-corrected chi connectivity index (χ0v) is 32.2. The molecule has 0 radical (unpaired) electrons. The fourth-order valence-corrected chi connectivity index (χ4v) is 10.8. The van der Waals surface area contributed by atoms with Crippen molar-refractivity contribution in [2.45, 2.75) is 38.5 Å². The molecule has 0 aromatic heterocycles. The fraction of sp³-hybridized carbons (Fsp3) is 0.107. The molecule has 0 unspecified atom stereocenters. The van der Waals surface area contributed by atoms with Crippen LogP contribution in [0.5, 0.6) is 0 Å². The Labute approximate surface area is 327 Å². The van der Waals surface area contributed by atoms with Gasteiger partial charge < -0.3 is 0 Å². The minimum Gasteiger partial charge on any atom is -0.0619 e. The first-order valence-electron chi connectivity index (χ1n) is 20.0. The summed E-state index contributed by atoms with van der Waals surface area (Å²) < 4.78 is 0. The summed E-state index contributed by atoms with van der Waals surface area (Å²) in [7, 11) is 0. The van der Waals surface area contributed by atoms with Crippen LogP contribution in [0.2, 0.25) is 0 Å². The van der Waals surface area contributed by atoms with Crippen LogP contribution < -0.4 is 0 Å². The van der Waals surface area contributed by atoms with Crippen LogP contribution in [0, 0.1) is 0 Å². The Morgan fingerprint density at radius 2 is 0.571 bits per heavy atom. The van der Waals surface area contributed by atoms with Crippen molar-refractivity contribution >= 4 is 53.9 Å². The van der Waals surface area contributed by atoms with Crippen molar-refractivity contribution < 1.29 is 0 Å². The summed E-state index contributed by atoms with van der Waals surface area (Å²) in [4.78, 5) is 0. The van der Waals surface area contributed by atoms with Crippen molar-refractivity contribution in [3.05, 3.63) is 192 Å². The van der Waals surface area contributed by atoms with Gasteiger partial charge in [0.1, 0.15) is 0 Å². The molecule has 10 aromatic carbocycles. The quantitative estimate of drug-likeness (QED) is 0.157. The van der Waals surface area contributed by atoms with Crippen LogP contribution in [0.1, 0.15) is 49.9 Å². The Morgan fingerprint density at radius 1 is 0.250 bits per heavy atom. The van der Waals surface area contributed by atoms with E-state index >= 15 is 0 Å². The van der Waals surface area contributed by atoms with Gasteiger partial charge in [0.25, 0.3) is 0 Å². The molecule has 264 valence electrons. The van der Waals surface area contributed by atoms with Crippen molar-refractivity contribution in [2.24, 2.45) is 0 Å². The topological polar surface area (TPSA) is 0 Å². The third-order valence-electron chi connectivity index (χ3n) is 13.6. The van der Waals surface area contributed by atoms with Crippen molar-refractivity contribution in [3.8, 4) is 44.5 Å². The van der Waals surface area contributed by atoms with Gasteiger partial charge in [-0.05, 0) is 145 Å². The first kappa shape index (κ1) is 31.8. The molecule has 0 heterocycles. The average molecular weight is 713 g/mol. The zero-order chi connectivity index (χ0) is 37.5. The van der Waals surface area contributed by atoms with E-state index in [0.717, 1.165) is 0 Å². The van der Waals surface area contributed by atoms with E-state index in [9.17, 15) is 0 Å². The molecule has 0 bridgehead atoms. The molecule has 0 nitrogen and oxygen atoms in total. The molecule has 2 aliphatic rings. The second-order valence-electron chi connectivity index (χ2n) is 17.2. The molecular weight excluding hydrogens is 673 g/mol. The minimum absolute atomic E-state index is 0.0372. The molecule has 0 saturated heterocycles. The Kier molecular flexibility index (Phi) is 6.28. The Bertz CT molecular complexity index is 3130. The maximum atomic E-state index is 2.45. The molecule has 0 spiro atoms. The predicted octanol–water partition coefficient (Wildman–Crippen LogP) is 15.4. The molecule has 0 amide bonds. The lowest BCUT2D eigenvalue weighted by Gasteiger charge is -2.22. The van der Waals surface area contributed by atoms with Crippen molar-refractivity contribution in [2.75, 3.05) is 0 Å². The molecule has 2 aliphatic carbocycles. The van der Waals surface area contributed by atoms with Crippen molar-refractivity contribution in [1.29, 1.82) is 0 Å². The second-order valence-corrected chi connectivity index (χ2v) is 17.2. The molecule has 0 fully saturated rings. The maximum Gasteiger partial charge on any atom is 0.0159 e. The molecule has 0 aliphatic heterocycles. The fourth-order valence-electron chi connectivity index (χ4n) is 10.8. The van der Waals surface area contributed by atoms with E-state index in [2.05, 4.69) is 198 Å². The first-order valence-corrected chi connectivity index (χ1v) is 20.0. The highest BCUT2D eigenvalue weighted by molar-refractivity contribution is 6.39. The summed E-state index contributed by atoms with van der Waals surface area (Å²) in [5, 5.41) is 13.1. The summed E-state index contributed by atoms with van der Waals surface area (Å²) >= 11 is 0. The van der Waals surface area contributed by atoms with Gasteiger partial charge in [-0.2, -0.15) is 0 Å². The summed E-state index contributed by atoms with van der Waals surface area (Å²) in [5.74, 6) is 0. The number of hydrogen-bond donors (Lipinski definition) is 0. The van der Waals surface area contributed by atoms with E-state index in [1.165, 1.54) is 121 Å². The lowest BCUT2D eigenvalue weighted by molar-refractivity contribution is 0.660. The first-order chi connectivity index (χ1) is 27.3. The van der Waals surface area contributed by atoms with E-state index in [0.29, 0.717) is 0 Å². The van der Waals surface area contributed by atoms with Crippen LogP contribution in [-0.4, -0.2) is 0 Å². The number of benzene rings is 10. The lowest BCUT2D eigenvalue weighted by atomic mass is 9.81. The van der Waals surface area contributed by atoms with Gasteiger partial charge in [0.05, 0.1) is 0 Å². The second kappa shape index (κ2) is 11.1. The van der Waals surface area contributed by atoms with E-state index < -0.39 is 0 Å². The van der Waals surface area contributed by atoms with Gasteiger partial charge in [0.15, 0.2) is 0 Å². The SMILES string of the molecule is CC1(C)c2ccccc2-c2ccc(-c3ccc4c(c3)c3ccccc3c3c5ccc(-c6ccc7c(c6)C(C)(C)c6ccccc6-7)cc5c5ccccc5c43)cc21. The Morgan fingerprint density at radius 3 is 1.02 bits per heavy atom. The highest BCUT2D eigenvalue weighted by Gasteiger charge is 2.36. The molecule has 0 N–H and O–H groups in total. The summed E-state index contributed by atoms with van der Waals surface area (Å²) in [6, 6.07) is 64.5. The van der Waals surface area contributed by atoms with Gasteiger partial charge in [0, 0.05) is 10.8 Å². The predicted molar refractivity (Wildman–Crippen MR) is 240 cm³/mol. The third kappa shape index (κ3) is 4.14. The van der Waals surface area contributed by atoms with Gasteiger partial charge in [-0.3, -0.25) is 0 Å². The Balaban J connectivity index is 1.08. The molecule has 0 atom stereocenters. The van der Waals surface area contributed by atoms with Crippen LogP contribution in [0.3, 0.4) is 0 Å². The highest BCUT2D eigenvalue weighted by Crippen LogP contribution is 2.52. The van der Waals surface area contributed by atoms with Crippen molar-refractivity contribution in [1.82, 2.24) is 0 Å². The molecule has 0 saturated carbocycles. The third-order valence-corrected chi connectivity index (χ3v) is 13.6. The zero-order valence-electron chi connectivity index (χ0n) is 32.2. The molecule has 0 heteroatoms. The molecule has 10 aromatic rings. The lowest BCUT2D eigenvalue weighted by Crippen LogP contribution is -2.14. The van der Waals surface area contributed by atoms with E-state index in [1.807, 2.05) is 0 Å². The molecule has 56 heavy (non-hydrogen) atoms. The number of hydrogen-bond acceptors (Lipinski definition) is 0. The highest BCUT2D eigenvalue weighted by atomic mass is 14.4. The number of fused-ring (bicyclic) bond motifs is 17. The standard InChI is InChI=1S/C56H40/c1-55(2)49-19-11-9-15-39(49)41-25-21-35(31-51(41)55)33-23-27-45-47(29-33)37-13-5-7-17-43(37)54-46-28-24-34(30-48(46)38-14-6-8-18-44(38)53(45)54)36-22-26-42-40-16-10-12-20-50(40)56(3,4)52(42)32-36/h5-32H,1-4H3. The monoisotopic (exact) mass is 712 g/mol. The summed E-state index contributed by atoms with van der Waals surface area (Å²) in [5.41, 5.74) is 16.1. The normalized spacial score (nSPS) is 14.7. The summed E-state index contributed by atoms with van der Waals surface area (Å²) in [6.07, 6.45) is 0. The van der Waals surface area contributed by atoms with E-state index in [-0.39, 0.29) is 10.8 Å². The summed E-state index contributed by atoms with van der Waals surface area (Å²) in [6.45, 7) is 9.47. The van der Waals surface area contributed by atoms with Crippen LogP contribution in [0.25, 0.3) is 98.4 Å². The van der Waals surface area contributed by atoms with Crippen LogP contribution >= 0.6 is 0 Å². The average Bonchev–Trinajstić information content (AvgIpc) is 3.62.